The molecule has 0 aromatic heterocycles. The molecule has 0 aromatic carbocycles. The predicted molar refractivity (Wildman–Crippen MR) is 58.1 cm³/mol. The first kappa shape index (κ1) is 10.4. The van der Waals surface area contributed by atoms with Crippen LogP contribution in [0.4, 0.5) is 0 Å². The number of fused-ring (bicyclic) bond motifs is 2. The van der Waals surface area contributed by atoms with Crippen molar-refractivity contribution < 1.29 is 4.74 Å². The van der Waals surface area contributed by atoms with Crippen molar-refractivity contribution in [1.29, 1.82) is 0 Å². The largest absolute Gasteiger partial charge is 0.374 e. The van der Waals surface area contributed by atoms with Gasteiger partial charge in [-0.1, -0.05) is 20.3 Å². The van der Waals surface area contributed by atoms with E-state index in [0.29, 0.717) is 17.6 Å². The highest BCUT2D eigenvalue weighted by atomic mass is 16.5. The molecular weight excluding hydrogens is 174 g/mol. The lowest BCUT2D eigenvalue weighted by atomic mass is 9.69. The molecule has 0 amide bonds. The van der Waals surface area contributed by atoms with Gasteiger partial charge in [0.2, 0.25) is 0 Å². The highest BCUT2D eigenvalue weighted by molar-refractivity contribution is 5.01. The normalized spacial score (nSPS) is 43.1. The maximum Gasteiger partial charge on any atom is 0.0649 e. The van der Waals surface area contributed by atoms with Crippen LogP contribution in [0.25, 0.3) is 0 Å². The van der Waals surface area contributed by atoms with Crippen LogP contribution in [0.2, 0.25) is 0 Å². The standard InChI is InChI=1S/C12H23NO/c1-3-9(2)6-12(8-13)7-10-4-5-11(12)14-10/h9-11H,3-8,13H2,1-2H3. The minimum absolute atomic E-state index is 0.332. The fraction of sp³-hybridized carbons (Fsp3) is 1.00. The van der Waals surface area contributed by atoms with Crippen LogP contribution in [0.3, 0.4) is 0 Å². The van der Waals surface area contributed by atoms with E-state index in [-0.39, 0.29) is 0 Å². The molecule has 0 spiro atoms. The lowest BCUT2D eigenvalue weighted by molar-refractivity contribution is 0.0528. The van der Waals surface area contributed by atoms with Crippen LogP contribution in [0, 0.1) is 11.3 Å². The zero-order valence-electron chi connectivity index (χ0n) is 9.46. The van der Waals surface area contributed by atoms with Crippen LogP contribution >= 0.6 is 0 Å². The van der Waals surface area contributed by atoms with Crippen LogP contribution in [0.15, 0.2) is 0 Å². The van der Waals surface area contributed by atoms with Gasteiger partial charge in [0.1, 0.15) is 0 Å². The molecule has 4 atom stereocenters. The van der Waals surface area contributed by atoms with Gasteiger partial charge in [0.05, 0.1) is 12.2 Å². The van der Waals surface area contributed by atoms with Gasteiger partial charge < -0.3 is 10.5 Å². The van der Waals surface area contributed by atoms with Crippen molar-refractivity contribution in [2.75, 3.05) is 6.54 Å². The van der Waals surface area contributed by atoms with Crippen molar-refractivity contribution in [3.8, 4) is 0 Å². The summed E-state index contributed by atoms with van der Waals surface area (Å²) in [7, 11) is 0. The quantitative estimate of drug-likeness (QED) is 0.750. The first-order chi connectivity index (χ1) is 6.70. The minimum Gasteiger partial charge on any atom is -0.374 e. The lowest BCUT2D eigenvalue weighted by Gasteiger charge is -2.36. The number of hydrogen-bond acceptors (Lipinski definition) is 2. The van der Waals surface area contributed by atoms with Gasteiger partial charge in [0.25, 0.3) is 0 Å². The molecule has 2 aliphatic heterocycles. The molecule has 82 valence electrons. The topological polar surface area (TPSA) is 35.2 Å². The van der Waals surface area contributed by atoms with Gasteiger partial charge >= 0.3 is 0 Å². The van der Waals surface area contributed by atoms with Gasteiger partial charge in [0.15, 0.2) is 0 Å². The SMILES string of the molecule is CCC(C)CC1(CN)CC2CCC1O2. The maximum atomic E-state index is 5.98. The van der Waals surface area contributed by atoms with Crippen molar-refractivity contribution in [3.63, 3.8) is 0 Å². The van der Waals surface area contributed by atoms with E-state index in [0.717, 1.165) is 12.5 Å². The minimum atomic E-state index is 0.332. The van der Waals surface area contributed by atoms with E-state index < -0.39 is 0 Å². The lowest BCUT2D eigenvalue weighted by Crippen LogP contribution is -2.40. The Morgan fingerprint density at radius 3 is 2.71 bits per heavy atom. The Labute approximate surface area is 87.2 Å². The molecular formula is C12H23NO. The van der Waals surface area contributed by atoms with Gasteiger partial charge in [0, 0.05) is 12.0 Å². The second-order valence-corrected chi connectivity index (χ2v) is 5.31. The van der Waals surface area contributed by atoms with Crippen molar-refractivity contribution in [2.24, 2.45) is 17.1 Å². The molecule has 14 heavy (non-hydrogen) atoms. The predicted octanol–water partition coefficient (Wildman–Crippen LogP) is 2.32. The molecule has 0 radical (unpaired) electrons. The van der Waals surface area contributed by atoms with Gasteiger partial charge in [-0.2, -0.15) is 0 Å². The molecule has 2 fully saturated rings. The molecule has 2 heterocycles. The van der Waals surface area contributed by atoms with Crippen LogP contribution in [0.1, 0.15) is 46.0 Å². The summed E-state index contributed by atoms with van der Waals surface area (Å²) in [6, 6.07) is 0. The fourth-order valence-electron chi connectivity index (χ4n) is 3.24. The summed E-state index contributed by atoms with van der Waals surface area (Å²) in [6.45, 7) is 5.42. The Hall–Kier alpha value is -0.0800. The van der Waals surface area contributed by atoms with Gasteiger partial charge in [-0.15, -0.1) is 0 Å². The molecule has 0 aliphatic carbocycles. The molecule has 2 bridgehead atoms. The summed E-state index contributed by atoms with van der Waals surface area (Å²) in [4.78, 5) is 0. The Kier molecular flexibility index (Phi) is 2.85. The van der Waals surface area contributed by atoms with Crippen LogP contribution < -0.4 is 5.73 Å². The van der Waals surface area contributed by atoms with Crippen molar-refractivity contribution in [3.05, 3.63) is 0 Å². The number of hydrogen-bond donors (Lipinski definition) is 1. The van der Waals surface area contributed by atoms with Crippen LogP contribution in [-0.2, 0) is 4.74 Å². The monoisotopic (exact) mass is 197 g/mol. The van der Waals surface area contributed by atoms with Crippen LogP contribution in [-0.4, -0.2) is 18.8 Å². The summed E-state index contributed by atoms with van der Waals surface area (Å²) in [6.07, 6.45) is 7.28. The second kappa shape index (κ2) is 3.82. The number of ether oxygens (including phenoxy) is 1. The van der Waals surface area contributed by atoms with Gasteiger partial charge in [-0.05, 0) is 31.6 Å². The number of nitrogens with two attached hydrogens (primary N) is 1. The summed E-state index contributed by atoms with van der Waals surface area (Å²) in [5.41, 5.74) is 6.31. The first-order valence-corrected chi connectivity index (χ1v) is 6.05. The molecule has 2 saturated heterocycles. The third kappa shape index (κ3) is 1.59. The highest BCUT2D eigenvalue weighted by Gasteiger charge is 2.51. The molecule has 0 aromatic rings. The van der Waals surface area contributed by atoms with E-state index in [1.54, 1.807) is 0 Å². The summed E-state index contributed by atoms with van der Waals surface area (Å²) < 4.78 is 5.94. The summed E-state index contributed by atoms with van der Waals surface area (Å²) in [5.74, 6) is 0.793. The Morgan fingerprint density at radius 1 is 1.50 bits per heavy atom. The Morgan fingerprint density at radius 2 is 2.29 bits per heavy atom. The van der Waals surface area contributed by atoms with Crippen molar-refractivity contribution in [1.82, 2.24) is 0 Å². The number of rotatable bonds is 4. The second-order valence-electron chi connectivity index (χ2n) is 5.31. The van der Waals surface area contributed by atoms with Crippen molar-refractivity contribution >= 4 is 0 Å². The van der Waals surface area contributed by atoms with Gasteiger partial charge in [-0.25, -0.2) is 0 Å². The summed E-state index contributed by atoms with van der Waals surface area (Å²) in [5, 5.41) is 0. The third-order valence-corrected chi connectivity index (χ3v) is 4.28. The first-order valence-electron chi connectivity index (χ1n) is 6.05. The maximum absolute atomic E-state index is 5.98. The van der Waals surface area contributed by atoms with E-state index in [9.17, 15) is 0 Å². The third-order valence-electron chi connectivity index (χ3n) is 4.28. The highest BCUT2D eigenvalue weighted by Crippen LogP contribution is 2.50. The molecule has 2 rings (SSSR count). The molecule has 2 N–H and O–H groups in total. The van der Waals surface area contributed by atoms with Crippen LogP contribution in [0.5, 0.6) is 0 Å². The van der Waals surface area contributed by atoms with E-state index in [4.69, 9.17) is 10.5 Å². The average Bonchev–Trinajstić information content (AvgIpc) is 2.77. The molecule has 2 aliphatic rings. The van der Waals surface area contributed by atoms with Gasteiger partial charge in [-0.3, -0.25) is 0 Å². The van der Waals surface area contributed by atoms with E-state index in [2.05, 4.69) is 13.8 Å². The molecule has 2 nitrogen and oxygen atoms in total. The molecule has 2 heteroatoms. The van der Waals surface area contributed by atoms with E-state index in [1.807, 2.05) is 0 Å². The zero-order valence-corrected chi connectivity index (χ0v) is 9.46. The molecule has 0 saturated carbocycles. The Balaban J connectivity index is 2.03. The van der Waals surface area contributed by atoms with E-state index in [1.165, 1.54) is 32.1 Å². The smallest absolute Gasteiger partial charge is 0.0649 e. The van der Waals surface area contributed by atoms with Crippen molar-refractivity contribution in [2.45, 2.75) is 58.2 Å². The zero-order chi connectivity index (χ0) is 10.2. The van der Waals surface area contributed by atoms with E-state index >= 15 is 0 Å². The fourth-order valence-corrected chi connectivity index (χ4v) is 3.24. The Bertz CT molecular complexity index is 206. The summed E-state index contributed by atoms with van der Waals surface area (Å²) >= 11 is 0. The average molecular weight is 197 g/mol. The molecule has 4 unspecified atom stereocenters.